The van der Waals surface area contributed by atoms with Crippen molar-refractivity contribution in [1.29, 1.82) is 0 Å². The first-order valence-corrected chi connectivity index (χ1v) is 15.6. The number of hydrogen-bond acceptors (Lipinski definition) is 7. The summed E-state index contributed by atoms with van der Waals surface area (Å²) in [6, 6.07) is 6.93. The second-order valence-corrected chi connectivity index (χ2v) is 13.1. The van der Waals surface area contributed by atoms with Crippen molar-refractivity contribution < 1.29 is 19.2 Å². The van der Waals surface area contributed by atoms with Crippen molar-refractivity contribution in [3.05, 3.63) is 52.5 Å². The fourth-order valence-electron chi connectivity index (χ4n) is 7.48. The van der Waals surface area contributed by atoms with Gasteiger partial charge in [-0.15, -0.1) is 0 Å². The van der Waals surface area contributed by atoms with E-state index >= 15 is 0 Å². The van der Waals surface area contributed by atoms with Crippen molar-refractivity contribution in [2.24, 2.45) is 5.41 Å². The molecule has 0 radical (unpaired) electrons. The number of rotatable bonds is 4. The van der Waals surface area contributed by atoms with E-state index in [0.29, 0.717) is 42.5 Å². The SMILES string of the molecule is CC(=O)c1nn2c3c(cc(N)cc13)CCCCCCC(=O)CC[C@@]13C[C@@H](C(=O)Cc4nc(C)ccc4C)N(C(=O)C2)[C@@H]1C3. The minimum absolute atomic E-state index is 0.0231. The number of amides is 1. The summed E-state index contributed by atoms with van der Waals surface area (Å²) in [7, 11) is 0. The number of nitrogens with zero attached hydrogens (tertiary/aromatic N) is 4. The van der Waals surface area contributed by atoms with E-state index in [4.69, 9.17) is 5.73 Å². The Bertz CT molecular complexity index is 1640. The van der Waals surface area contributed by atoms with Crippen molar-refractivity contribution in [2.45, 2.75) is 110 Å². The number of piperidine rings is 1. The molecule has 226 valence electrons. The zero-order chi connectivity index (χ0) is 30.5. The lowest BCUT2D eigenvalue weighted by molar-refractivity contribution is -0.139. The van der Waals surface area contributed by atoms with Crippen molar-refractivity contribution in [3.8, 4) is 0 Å². The molecule has 1 saturated heterocycles. The highest BCUT2D eigenvalue weighted by molar-refractivity contribution is 6.06. The van der Waals surface area contributed by atoms with Crippen LogP contribution in [0.4, 0.5) is 5.69 Å². The standard InChI is InChI=1S/C34H41N5O4/c1-20-10-11-21(2)36-27(20)16-29(42)28-17-34-13-12-25(41)9-7-5-4-6-8-23-14-24(35)15-26-32(22(3)40)37-38(33(23)26)19-31(43)39(28)30(34)18-34/h10-11,14-15,28,30H,4-9,12-13,16-19,35H2,1-3H3/t28-,30+,34-/m0/s1. The Morgan fingerprint density at radius 1 is 1.02 bits per heavy atom. The third-order valence-corrected chi connectivity index (χ3v) is 9.88. The molecule has 2 N–H and O–H groups in total. The summed E-state index contributed by atoms with van der Waals surface area (Å²) in [4.78, 5) is 60.0. The van der Waals surface area contributed by atoms with Crippen LogP contribution in [0.3, 0.4) is 0 Å². The molecule has 0 spiro atoms. The second-order valence-electron chi connectivity index (χ2n) is 13.1. The van der Waals surface area contributed by atoms with Crippen LogP contribution in [0.2, 0.25) is 0 Å². The van der Waals surface area contributed by atoms with E-state index in [1.165, 1.54) is 6.92 Å². The number of aromatic nitrogens is 3. The van der Waals surface area contributed by atoms with Gasteiger partial charge in [-0.1, -0.05) is 18.9 Å². The Morgan fingerprint density at radius 2 is 1.79 bits per heavy atom. The van der Waals surface area contributed by atoms with Crippen LogP contribution >= 0.6 is 0 Å². The van der Waals surface area contributed by atoms with Gasteiger partial charge in [0.25, 0.3) is 0 Å². The van der Waals surface area contributed by atoms with Gasteiger partial charge in [0, 0.05) is 42.6 Å². The maximum absolute atomic E-state index is 14.2. The van der Waals surface area contributed by atoms with E-state index in [9.17, 15) is 19.2 Å². The number of carbonyl (C=O) groups is 4. The van der Waals surface area contributed by atoms with E-state index in [2.05, 4.69) is 10.1 Å². The largest absolute Gasteiger partial charge is 0.399 e. The van der Waals surface area contributed by atoms with Gasteiger partial charge in [-0.25, -0.2) is 0 Å². The van der Waals surface area contributed by atoms with Crippen molar-refractivity contribution in [2.75, 3.05) is 5.73 Å². The van der Waals surface area contributed by atoms with Gasteiger partial charge in [-0.05, 0) is 87.1 Å². The smallest absolute Gasteiger partial charge is 0.245 e. The number of aryl methyl sites for hydroxylation is 3. The Balaban J connectivity index is 1.38. The summed E-state index contributed by atoms with van der Waals surface area (Å²) in [6.07, 6.45) is 7.74. The molecule has 3 atom stereocenters. The van der Waals surface area contributed by atoms with Crippen LogP contribution in [-0.2, 0) is 33.8 Å². The number of nitrogen functional groups attached to an aromatic ring is 1. The first-order chi connectivity index (χ1) is 20.6. The Labute approximate surface area is 252 Å². The predicted molar refractivity (Wildman–Crippen MR) is 164 cm³/mol. The van der Waals surface area contributed by atoms with Crippen molar-refractivity contribution >= 4 is 39.8 Å². The molecule has 1 aliphatic carbocycles. The summed E-state index contributed by atoms with van der Waals surface area (Å²) in [5.74, 6) is -0.123. The summed E-state index contributed by atoms with van der Waals surface area (Å²) >= 11 is 0. The van der Waals surface area contributed by atoms with Crippen LogP contribution in [0.1, 0.15) is 97.7 Å². The van der Waals surface area contributed by atoms with E-state index in [1.54, 1.807) is 15.6 Å². The zero-order valence-electron chi connectivity index (χ0n) is 25.4. The second kappa shape index (κ2) is 11.3. The highest BCUT2D eigenvalue weighted by Gasteiger charge is 2.66. The van der Waals surface area contributed by atoms with Gasteiger partial charge in [-0.3, -0.25) is 28.8 Å². The molecule has 2 aromatic heterocycles. The van der Waals surface area contributed by atoms with E-state index in [0.717, 1.165) is 66.6 Å². The zero-order valence-corrected chi connectivity index (χ0v) is 25.4. The molecule has 3 aromatic rings. The van der Waals surface area contributed by atoms with Gasteiger partial charge >= 0.3 is 0 Å². The van der Waals surface area contributed by atoms with Crippen LogP contribution < -0.4 is 5.73 Å². The first kappa shape index (κ1) is 29.2. The summed E-state index contributed by atoms with van der Waals surface area (Å²) in [5, 5.41) is 5.30. The van der Waals surface area contributed by atoms with Gasteiger partial charge in [0.05, 0.1) is 23.7 Å². The highest BCUT2D eigenvalue weighted by Crippen LogP contribution is 2.62. The Hall–Kier alpha value is -3.88. The molecule has 6 rings (SSSR count). The molecule has 1 aromatic carbocycles. The van der Waals surface area contributed by atoms with Gasteiger partial charge in [0.15, 0.2) is 11.6 Å². The van der Waals surface area contributed by atoms with Gasteiger partial charge in [0.1, 0.15) is 18.0 Å². The van der Waals surface area contributed by atoms with Crippen LogP contribution in [0.5, 0.6) is 0 Å². The van der Waals surface area contributed by atoms with Crippen molar-refractivity contribution in [1.82, 2.24) is 19.7 Å². The van der Waals surface area contributed by atoms with E-state index < -0.39 is 6.04 Å². The number of nitrogens with two attached hydrogens (primary N) is 1. The normalized spacial score (nSPS) is 24.6. The minimum Gasteiger partial charge on any atom is -0.399 e. The van der Waals surface area contributed by atoms with Gasteiger partial charge < -0.3 is 10.6 Å². The first-order valence-electron chi connectivity index (χ1n) is 15.6. The van der Waals surface area contributed by atoms with Crippen LogP contribution in [-0.4, -0.2) is 55.0 Å². The number of Topliss-reactive ketones (excluding diaryl/α,β-unsaturated/α-hetero) is 3. The fraction of sp³-hybridized carbons (Fsp3) is 0.529. The number of hydrogen-bond donors (Lipinski definition) is 1. The minimum atomic E-state index is -0.578. The average molecular weight is 584 g/mol. The predicted octanol–water partition coefficient (Wildman–Crippen LogP) is 4.86. The Morgan fingerprint density at radius 3 is 2.56 bits per heavy atom. The lowest BCUT2D eigenvalue weighted by Gasteiger charge is -2.27. The van der Waals surface area contributed by atoms with Gasteiger partial charge in [0.2, 0.25) is 5.91 Å². The molecule has 2 fully saturated rings. The van der Waals surface area contributed by atoms with Gasteiger partial charge in [-0.2, -0.15) is 5.10 Å². The summed E-state index contributed by atoms with van der Waals surface area (Å²) < 4.78 is 1.65. The Kier molecular flexibility index (Phi) is 7.69. The maximum Gasteiger partial charge on any atom is 0.245 e. The molecule has 2 bridgehead atoms. The summed E-state index contributed by atoms with van der Waals surface area (Å²) in [6.45, 7) is 5.26. The molecule has 43 heavy (non-hydrogen) atoms. The molecule has 0 unspecified atom stereocenters. The molecule has 4 heterocycles. The fourth-order valence-corrected chi connectivity index (χ4v) is 7.48. The molecule has 1 saturated carbocycles. The molecule has 9 heteroatoms. The number of carbonyl (C=O) groups excluding carboxylic acids is 4. The van der Waals surface area contributed by atoms with E-state index in [1.807, 2.05) is 32.0 Å². The number of ketones is 3. The van der Waals surface area contributed by atoms with Crippen LogP contribution in [0.25, 0.3) is 10.9 Å². The lowest BCUT2D eigenvalue weighted by Crippen LogP contribution is -2.45. The number of benzene rings is 1. The molecule has 2 aliphatic heterocycles. The average Bonchev–Trinajstić information content (AvgIpc) is 3.37. The third-order valence-electron chi connectivity index (χ3n) is 9.88. The quantitative estimate of drug-likeness (QED) is 0.343. The summed E-state index contributed by atoms with van der Waals surface area (Å²) in [5.41, 5.74) is 11.2. The highest BCUT2D eigenvalue weighted by atomic mass is 16.2. The third kappa shape index (κ3) is 5.61. The van der Waals surface area contributed by atoms with Crippen LogP contribution in [0, 0.1) is 19.3 Å². The topological polar surface area (TPSA) is 128 Å². The monoisotopic (exact) mass is 583 g/mol. The molecular weight excluding hydrogens is 542 g/mol. The maximum atomic E-state index is 14.2. The molecular formula is C34H41N5O4. The number of anilines is 1. The molecule has 3 aliphatic rings. The van der Waals surface area contributed by atoms with Crippen LogP contribution in [0.15, 0.2) is 24.3 Å². The van der Waals surface area contributed by atoms with Crippen molar-refractivity contribution in [3.63, 3.8) is 0 Å². The number of pyridine rings is 1. The molecule has 9 nitrogen and oxygen atoms in total. The molecule has 1 amide bonds. The van der Waals surface area contributed by atoms with E-state index in [-0.39, 0.29) is 47.7 Å². The lowest BCUT2D eigenvalue weighted by atomic mass is 9.90.